The lowest BCUT2D eigenvalue weighted by atomic mass is 9.69. The molecule has 112 valence electrons. The average Bonchev–Trinajstić information content (AvgIpc) is 2.29. The van der Waals surface area contributed by atoms with Gasteiger partial charge in [-0.2, -0.15) is 0 Å². The van der Waals surface area contributed by atoms with Crippen molar-refractivity contribution >= 4 is 51.1 Å². The van der Waals surface area contributed by atoms with Crippen molar-refractivity contribution in [2.75, 3.05) is 6.54 Å². The molecule has 0 spiro atoms. The lowest BCUT2D eigenvalue weighted by molar-refractivity contribution is 0.0866. The Morgan fingerprint density at radius 3 is 2.20 bits per heavy atom. The van der Waals surface area contributed by atoms with Gasteiger partial charge in [0, 0.05) is 13.7 Å². The summed E-state index contributed by atoms with van der Waals surface area (Å²) in [4.78, 5) is 12.4. The zero-order valence-corrected chi connectivity index (χ0v) is 17.3. The fourth-order valence-electron chi connectivity index (χ4n) is 1.55. The molecule has 0 saturated heterocycles. The van der Waals surface area contributed by atoms with Gasteiger partial charge in [-0.1, -0.05) is 34.6 Å². The van der Waals surface area contributed by atoms with Crippen LogP contribution in [0.3, 0.4) is 0 Å². The number of nitrogens with one attached hydrogen (secondary N) is 1. The zero-order valence-electron chi connectivity index (χ0n) is 13.0. The summed E-state index contributed by atoms with van der Waals surface area (Å²) in [6.45, 7) is 13.7. The van der Waals surface area contributed by atoms with E-state index < -0.39 is 0 Å². The normalized spacial score (nSPS) is 12.4. The Balaban J connectivity index is 2.89. The van der Waals surface area contributed by atoms with E-state index in [0.29, 0.717) is 6.54 Å². The van der Waals surface area contributed by atoms with Crippen LogP contribution in [0.15, 0.2) is 12.1 Å². The topological polar surface area (TPSA) is 29.1 Å². The van der Waals surface area contributed by atoms with E-state index in [1.807, 2.05) is 13.0 Å². The van der Waals surface area contributed by atoms with Crippen LogP contribution in [0.4, 0.5) is 0 Å². The minimum atomic E-state index is 0.0216. The molecule has 1 amide bonds. The van der Waals surface area contributed by atoms with Gasteiger partial charge in [-0.05, 0) is 80.6 Å². The second-order valence-corrected chi connectivity index (χ2v) is 9.17. The maximum Gasteiger partial charge on any atom is 0.252 e. The molecule has 0 radical (unpaired) electrons. The van der Waals surface area contributed by atoms with Crippen LogP contribution in [0.25, 0.3) is 0 Å². The van der Waals surface area contributed by atoms with Crippen LogP contribution in [0.2, 0.25) is 0 Å². The summed E-state index contributed by atoms with van der Waals surface area (Å²) in [6.07, 6.45) is 0. The van der Waals surface area contributed by atoms with E-state index in [9.17, 15) is 4.79 Å². The molecule has 0 aliphatic carbocycles. The van der Waals surface area contributed by atoms with Crippen molar-refractivity contribution in [3.8, 4) is 0 Å². The number of amides is 1. The Hall–Kier alpha value is 0.150. The van der Waals surface area contributed by atoms with E-state index in [1.54, 1.807) is 0 Å². The Bertz CT molecular complexity index is 516. The second kappa shape index (κ2) is 6.50. The molecule has 1 rings (SSSR count). The first-order chi connectivity index (χ1) is 8.95. The maximum absolute atomic E-state index is 12.4. The van der Waals surface area contributed by atoms with Gasteiger partial charge in [-0.15, -0.1) is 0 Å². The lowest BCUT2D eigenvalue weighted by Gasteiger charge is -2.39. The minimum absolute atomic E-state index is 0.0216. The standard InChI is InChI=1S/C16H23I2NO/c1-10-7-11(13(18)12(17)8-10)14(20)19-9-16(5,6)15(2,3)4/h7-8H,9H2,1-6H3,(H,19,20). The van der Waals surface area contributed by atoms with Gasteiger partial charge in [0.25, 0.3) is 5.91 Å². The summed E-state index contributed by atoms with van der Waals surface area (Å²) in [6, 6.07) is 4.06. The first-order valence-corrected chi connectivity index (χ1v) is 8.85. The number of carbonyl (C=O) groups is 1. The summed E-state index contributed by atoms with van der Waals surface area (Å²) >= 11 is 4.52. The third-order valence-electron chi connectivity index (χ3n) is 4.14. The van der Waals surface area contributed by atoms with Gasteiger partial charge in [0.05, 0.1) is 5.56 Å². The van der Waals surface area contributed by atoms with E-state index >= 15 is 0 Å². The van der Waals surface area contributed by atoms with E-state index in [4.69, 9.17) is 0 Å². The highest BCUT2D eigenvalue weighted by atomic mass is 127. The first-order valence-electron chi connectivity index (χ1n) is 6.69. The predicted octanol–water partition coefficient (Wildman–Crippen LogP) is 5.01. The number of aryl methyl sites for hydroxylation is 1. The fraction of sp³-hybridized carbons (Fsp3) is 0.562. The highest BCUT2D eigenvalue weighted by Crippen LogP contribution is 2.37. The van der Waals surface area contributed by atoms with Gasteiger partial charge in [0.15, 0.2) is 0 Å². The summed E-state index contributed by atoms with van der Waals surface area (Å²) < 4.78 is 2.16. The fourth-order valence-corrected chi connectivity index (χ4v) is 2.89. The van der Waals surface area contributed by atoms with Gasteiger partial charge in [-0.3, -0.25) is 4.79 Å². The molecule has 1 N–H and O–H groups in total. The van der Waals surface area contributed by atoms with Crippen molar-refractivity contribution in [1.29, 1.82) is 0 Å². The molecule has 0 aliphatic rings. The first kappa shape index (κ1) is 18.2. The van der Waals surface area contributed by atoms with E-state index in [0.717, 1.165) is 18.3 Å². The number of hydrogen-bond donors (Lipinski definition) is 1. The van der Waals surface area contributed by atoms with Crippen molar-refractivity contribution in [1.82, 2.24) is 5.32 Å². The molecule has 0 heterocycles. The molecule has 0 unspecified atom stereocenters. The molecule has 20 heavy (non-hydrogen) atoms. The van der Waals surface area contributed by atoms with Gasteiger partial charge >= 0.3 is 0 Å². The van der Waals surface area contributed by atoms with Gasteiger partial charge in [-0.25, -0.2) is 0 Å². The highest BCUT2D eigenvalue weighted by Gasteiger charge is 2.33. The van der Waals surface area contributed by atoms with Crippen LogP contribution >= 0.6 is 45.2 Å². The molecule has 1 aromatic carbocycles. The largest absolute Gasteiger partial charge is 0.351 e. The number of hydrogen-bond acceptors (Lipinski definition) is 1. The Labute approximate surface area is 149 Å². The van der Waals surface area contributed by atoms with E-state index in [-0.39, 0.29) is 16.7 Å². The Morgan fingerprint density at radius 2 is 1.70 bits per heavy atom. The van der Waals surface area contributed by atoms with E-state index in [1.165, 1.54) is 0 Å². The lowest BCUT2D eigenvalue weighted by Crippen LogP contribution is -2.41. The molecular weight excluding hydrogens is 476 g/mol. The Kier molecular flexibility index (Phi) is 5.92. The Morgan fingerprint density at radius 1 is 1.15 bits per heavy atom. The molecule has 0 aliphatic heterocycles. The second-order valence-electron chi connectivity index (χ2n) is 6.92. The summed E-state index contributed by atoms with van der Waals surface area (Å²) in [5.41, 5.74) is 2.09. The molecule has 0 saturated carbocycles. The minimum Gasteiger partial charge on any atom is -0.351 e. The molecule has 0 fully saturated rings. The maximum atomic E-state index is 12.4. The molecule has 0 aromatic heterocycles. The quantitative estimate of drug-likeness (QED) is 0.583. The van der Waals surface area contributed by atoms with Crippen LogP contribution in [-0.4, -0.2) is 12.5 Å². The number of benzene rings is 1. The van der Waals surface area contributed by atoms with Gasteiger partial charge < -0.3 is 5.32 Å². The van der Waals surface area contributed by atoms with Crippen LogP contribution < -0.4 is 5.32 Å². The van der Waals surface area contributed by atoms with Crippen LogP contribution in [-0.2, 0) is 0 Å². The highest BCUT2D eigenvalue weighted by molar-refractivity contribution is 14.1. The monoisotopic (exact) mass is 499 g/mol. The summed E-state index contributed by atoms with van der Waals surface area (Å²) in [5.74, 6) is 0.0216. The van der Waals surface area contributed by atoms with Crippen LogP contribution in [0.1, 0.15) is 50.5 Å². The SMILES string of the molecule is Cc1cc(I)c(I)c(C(=O)NCC(C)(C)C(C)(C)C)c1. The molecule has 4 heteroatoms. The predicted molar refractivity (Wildman–Crippen MR) is 102 cm³/mol. The number of rotatable bonds is 3. The number of carbonyl (C=O) groups excluding carboxylic acids is 1. The van der Waals surface area contributed by atoms with Crippen molar-refractivity contribution in [3.63, 3.8) is 0 Å². The molecule has 0 atom stereocenters. The van der Waals surface area contributed by atoms with Crippen molar-refractivity contribution in [3.05, 3.63) is 30.4 Å². The molecular formula is C16H23I2NO. The van der Waals surface area contributed by atoms with Crippen molar-refractivity contribution in [2.45, 2.75) is 41.5 Å². The summed E-state index contributed by atoms with van der Waals surface area (Å²) in [7, 11) is 0. The number of halogens is 2. The van der Waals surface area contributed by atoms with Crippen LogP contribution in [0.5, 0.6) is 0 Å². The third-order valence-corrected chi connectivity index (χ3v) is 7.18. The smallest absolute Gasteiger partial charge is 0.252 e. The molecule has 1 aromatic rings. The third kappa shape index (κ3) is 4.32. The summed E-state index contributed by atoms with van der Waals surface area (Å²) in [5, 5.41) is 3.09. The molecule has 0 bridgehead atoms. The average molecular weight is 499 g/mol. The van der Waals surface area contributed by atoms with Crippen molar-refractivity contribution in [2.24, 2.45) is 10.8 Å². The van der Waals surface area contributed by atoms with E-state index in [2.05, 4.69) is 91.2 Å². The molecule has 2 nitrogen and oxygen atoms in total. The zero-order chi connectivity index (χ0) is 15.7. The van der Waals surface area contributed by atoms with Crippen molar-refractivity contribution < 1.29 is 4.79 Å². The van der Waals surface area contributed by atoms with Gasteiger partial charge in [0.1, 0.15) is 0 Å². The van der Waals surface area contributed by atoms with Crippen LogP contribution in [0, 0.1) is 24.9 Å². The van der Waals surface area contributed by atoms with Gasteiger partial charge in [0.2, 0.25) is 0 Å².